The Morgan fingerprint density at radius 3 is 2.91 bits per heavy atom. The number of halogens is 2. The molecule has 2 N–H and O–H groups in total. The van der Waals surface area contributed by atoms with Crippen LogP contribution >= 0.6 is 11.6 Å². The summed E-state index contributed by atoms with van der Waals surface area (Å²) in [6, 6.07) is 3.26. The zero-order chi connectivity index (χ0) is 23.7. The first-order valence-electron chi connectivity index (χ1n) is 10.9. The van der Waals surface area contributed by atoms with Gasteiger partial charge < -0.3 is 33.8 Å². The van der Waals surface area contributed by atoms with Gasteiger partial charge in [0.1, 0.15) is 41.5 Å². The molecule has 2 aliphatic heterocycles. The molecule has 0 radical (unpaired) electrons. The fraction of sp³-hybridized carbons (Fsp3) is 0.500. The monoisotopic (exact) mass is 494 g/mol. The number of rotatable bonds is 9. The third kappa shape index (κ3) is 4.80. The normalized spacial score (nSPS) is 24.0. The summed E-state index contributed by atoms with van der Waals surface area (Å²) < 4.78 is 42.1. The van der Waals surface area contributed by atoms with E-state index in [0.717, 1.165) is 12.0 Å². The fourth-order valence-corrected chi connectivity index (χ4v) is 4.24. The van der Waals surface area contributed by atoms with Crippen molar-refractivity contribution >= 4 is 22.8 Å². The fourth-order valence-electron chi connectivity index (χ4n) is 4.03. The van der Waals surface area contributed by atoms with Gasteiger partial charge in [0.2, 0.25) is 5.88 Å². The number of H-pyrrole nitrogens is 1. The highest BCUT2D eigenvalue weighted by Gasteiger charge is 2.48. The van der Waals surface area contributed by atoms with Gasteiger partial charge in [0.05, 0.1) is 18.7 Å². The molecule has 0 amide bonds. The lowest BCUT2D eigenvalue weighted by molar-refractivity contribution is 0.00706. The first kappa shape index (κ1) is 23.2. The molecule has 5 heterocycles. The maximum absolute atomic E-state index is 14.4. The lowest BCUT2D eigenvalue weighted by Gasteiger charge is -2.15. The molecule has 3 aromatic rings. The number of nitrogens with zero attached hydrogens (tertiary/aromatic N) is 3. The maximum atomic E-state index is 14.4. The van der Waals surface area contributed by atoms with Gasteiger partial charge >= 0.3 is 0 Å². The second-order valence-electron chi connectivity index (χ2n) is 8.17. The molecular weight excluding hydrogens is 471 g/mol. The number of imidazole rings is 1. The molecule has 12 heteroatoms. The predicted molar refractivity (Wildman–Crippen MR) is 118 cm³/mol. The van der Waals surface area contributed by atoms with Crippen LogP contribution in [-0.2, 0) is 27.2 Å². The number of aromatic amines is 1. The van der Waals surface area contributed by atoms with Crippen molar-refractivity contribution in [1.82, 2.24) is 19.9 Å². The van der Waals surface area contributed by atoms with Crippen molar-refractivity contribution in [2.45, 2.75) is 43.9 Å². The van der Waals surface area contributed by atoms with Gasteiger partial charge in [-0.2, -0.15) is 9.97 Å². The number of aromatic nitrogens is 4. The number of hydrogen-bond acceptors (Lipinski definition) is 9. The molecule has 2 fully saturated rings. The molecule has 10 nitrogen and oxygen atoms in total. The number of aliphatic hydroxyl groups excluding tert-OH is 1. The Hall–Kier alpha value is -2.57. The average molecular weight is 495 g/mol. The molecule has 2 saturated heterocycles. The van der Waals surface area contributed by atoms with Crippen molar-refractivity contribution in [2.24, 2.45) is 0 Å². The van der Waals surface area contributed by atoms with Crippen LogP contribution in [0.3, 0.4) is 0 Å². The lowest BCUT2D eigenvalue weighted by Crippen LogP contribution is -2.34. The summed E-state index contributed by atoms with van der Waals surface area (Å²) in [5.41, 5.74) is 1.80. The highest BCUT2D eigenvalue weighted by atomic mass is 35.5. The van der Waals surface area contributed by atoms with Crippen LogP contribution in [0.25, 0.3) is 11.2 Å². The molecule has 0 aromatic carbocycles. The minimum Gasteiger partial charge on any atom is -0.470 e. The van der Waals surface area contributed by atoms with Gasteiger partial charge in [-0.1, -0.05) is 11.6 Å². The van der Waals surface area contributed by atoms with Crippen LogP contribution < -0.4 is 9.47 Å². The minimum absolute atomic E-state index is 0.101. The largest absolute Gasteiger partial charge is 0.470 e. The Balaban J connectivity index is 1.24. The molecule has 4 atom stereocenters. The first-order chi connectivity index (χ1) is 16.5. The Bertz CT molecular complexity index is 1160. The van der Waals surface area contributed by atoms with E-state index in [1.807, 2.05) is 0 Å². The summed E-state index contributed by atoms with van der Waals surface area (Å²) in [6.45, 7) is 0.943. The van der Waals surface area contributed by atoms with E-state index in [2.05, 4.69) is 19.9 Å². The third-order valence-electron chi connectivity index (χ3n) is 5.75. The van der Waals surface area contributed by atoms with Gasteiger partial charge in [0, 0.05) is 19.9 Å². The van der Waals surface area contributed by atoms with Crippen LogP contribution in [0.1, 0.15) is 17.7 Å². The molecule has 0 bridgehead atoms. The molecule has 0 spiro atoms. The van der Waals surface area contributed by atoms with Gasteiger partial charge in [-0.3, -0.25) is 4.98 Å². The van der Waals surface area contributed by atoms with E-state index in [-0.39, 0.29) is 48.5 Å². The van der Waals surface area contributed by atoms with Gasteiger partial charge in [0.15, 0.2) is 11.8 Å². The minimum atomic E-state index is -0.666. The number of aliphatic hydroxyl groups is 1. The molecular formula is C22H24ClFN4O6. The Labute approximate surface area is 199 Å². The SMILES string of the molecule is COCCCc1cnc(COc2nc3nc(O[C@@H]4CO[C@H]5C4OC[C@H]5O)[nH]c3cc2Cl)c(F)c1. The van der Waals surface area contributed by atoms with Gasteiger partial charge in [-0.15, -0.1) is 0 Å². The van der Waals surface area contributed by atoms with E-state index in [1.54, 1.807) is 19.4 Å². The molecule has 0 aliphatic carbocycles. The van der Waals surface area contributed by atoms with Gasteiger partial charge in [-0.05, 0) is 30.5 Å². The van der Waals surface area contributed by atoms with E-state index in [4.69, 9.17) is 35.3 Å². The van der Waals surface area contributed by atoms with Crippen LogP contribution in [-0.4, -0.2) is 76.4 Å². The van der Waals surface area contributed by atoms with Crippen molar-refractivity contribution in [3.05, 3.63) is 40.4 Å². The molecule has 0 saturated carbocycles. The quantitative estimate of drug-likeness (QED) is 0.431. The summed E-state index contributed by atoms with van der Waals surface area (Å²) in [6.07, 6.45) is 1.22. The molecule has 34 heavy (non-hydrogen) atoms. The van der Waals surface area contributed by atoms with Gasteiger partial charge in [0.25, 0.3) is 6.01 Å². The van der Waals surface area contributed by atoms with Crippen LogP contribution in [0.2, 0.25) is 5.02 Å². The number of pyridine rings is 2. The van der Waals surface area contributed by atoms with Crippen molar-refractivity contribution in [1.29, 1.82) is 0 Å². The number of methoxy groups -OCH3 is 1. The van der Waals surface area contributed by atoms with Crippen LogP contribution in [0, 0.1) is 5.82 Å². The molecule has 3 aromatic heterocycles. The topological polar surface area (TPSA) is 121 Å². The van der Waals surface area contributed by atoms with Crippen LogP contribution in [0.15, 0.2) is 18.3 Å². The van der Waals surface area contributed by atoms with Gasteiger partial charge in [-0.25, -0.2) is 4.39 Å². The van der Waals surface area contributed by atoms with Crippen molar-refractivity contribution in [3.8, 4) is 11.9 Å². The van der Waals surface area contributed by atoms with E-state index in [9.17, 15) is 9.50 Å². The Kier molecular flexibility index (Phi) is 6.79. The second-order valence-corrected chi connectivity index (χ2v) is 8.57. The Morgan fingerprint density at radius 2 is 2.09 bits per heavy atom. The number of aryl methyl sites for hydroxylation is 1. The third-order valence-corrected chi connectivity index (χ3v) is 6.02. The molecule has 2 aliphatic rings. The summed E-state index contributed by atoms with van der Waals surface area (Å²) in [5.74, 6) is -0.358. The predicted octanol–water partition coefficient (Wildman–Crippen LogP) is 2.21. The summed E-state index contributed by atoms with van der Waals surface area (Å²) in [5, 5.41) is 10.1. The summed E-state index contributed by atoms with van der Waals surface area (Å²) >= 11 is 6.30. The van der Waals surface area contributed by atoms with Crippen molar-refractivity contribution < 1.29 is 33.2 Å². The highest BCUT2D eigenvalue weighted by molar-refractivity contribution is 6.32. The number of fused-ring (bicyclic) bond motifs is 2. The standard InChI is InChI=1S/C22H24ClFN4O6/c1-30-4-2-3-11-5-13(24)15(25-7-11)8-33-21-12(23)6-14-20(27-21)28-22(26-14)34-17-10-32-18-16(29)9-31-19(17)18/h5-7,16-19,29H,2-4,8-10H2,1H3,(H,26,27,28)/t16-,17-,18-,19?/m1/s1. The van der Waals surface area contributed by atoms with E-state index < -0.39 is 24.1 Å². The van der Waals surface area contributed by atoms with Crippen molar-refractivity contribution in [2.75, 3.05) is 26.9 Å². The Morgan fingerprint density at radius 1 is 1.24 bits per heavy atom. The highest BCUT2D eigenvalue weighted by Crippen LogP contribution is 2.31. The number of ether oxygens (including phenoxy) is 5. The summed E-state index contributed by atoms with van der Waals surface area (Å²) in [4.78, 5) is 15.8. The zero-order valence-corrected chi connectivity index (χ0v) is 19.1. The molecule has 182 valence electrons. The van der Waals surface area contributed by atoms with E-state index in [1.165, 1.54) is 6.07 Å². The lowest BCUT2D eigenvalue weighted by atomic mass is 10.1. The second kappa shape index (κ2) is 9.96. The van der Waals surface area contributed by atoms with E-state index in [0.29, 0.717) is 24.2 Å². The van der Waals surface area contributed by atoms with E-state index >= 15 is 0 Å². The van der Waals surface area contributed by atoms with Crippen LogP contribution in [0.4, 0.5) is 4.39 Å². The first-order valence-corrected chi connectivity index (χ1v) is 11.3. The smallest absolute Gasteiger partial charge is 0.296 e. The molecule has 1 unspecified atom stereocenters. The number of nitrogens with one attached hydrogen (secondary N) is 1. The van der Waals surface area contributed by atoms with Crippen LogP contribution in [0.5, 0.6) is 11.9 Å². The zero-order valence-electron chi connectivity index (χ0n) is 18.4. The summed E-state index contributed by atoms with van der Waals surface area (Å²) in [7, 11) is 1.63. The average Bonchev–Trinajstić information content (AvgIpc) is 3.50. The van der Waals surface area contributed by atoms with Crippen molar-refractivity contribution in [3.63, 3.8) is 0 Å². The number of hydrogen-bond donors (Lipinski definition) is 2. The maximum Gasteiger partial charge on any atom is 0.296 e. The molecule has 5 rings (SSSR count).